The van der Waals surface area contributed by atoms with Gasteiger partial charge in [-0.3, -0.25) is 4.68 Å². The van der Waals surface area contributed by atoms with Crippen molar-refractivity contribution in [2.45, 2.75) is 58.3 Å². The predicted molar refractivity (Wildman–Crippen MR) is 88.2 cm³/mol. The van der Waals surface area contributed by atoms with Gasteiger partial charge in [-0.15, -0.1) is 0 Å². The van der Waals surface area contributed by atoms with Crippen molar-refractivity contribution in [3.05, 3.63) is 12.4 Å². The van der Waals surface area contributed by atoms with Crippen molar-refractivity contribution in [1.29, 1.82) is 0 Å². The van der Waals surface area contributed by atoms with Crippen molar-refractivity contribution in [1.82, 2.24) is 14.7 Å². The molecule has 2 fully saturated rings. The molecular formula is C16H28BN3O2. The summed E-state index contributed by atoms with van der Waals surface area (Å²) in [5, 5.41) is 4.51. The maximum Gasteiger partial charge on any atom is 0.498 e. The van der Waals surface area contributed by atoms with E-state index in [1.165, 1.54) is 25.9 Å². The SMILES string of the molecule is CN1CCC(Cn2cc(B3OC(C)(C)C(C)(C)O3)cn2)CC1. The summed E-state index contributed by atoms with van der Waals surface area (Å²) in [7, 11) is 1.89. The summed E-state index contributed by atoms with van der Waals surface area (Å²) in [4.78, 5) is 2.40. The minimum Gasteiger partial charge on any atom is -0.399 e. The van der Waals surface area contributed by atoms with Crippen molar-refractivity contribution in [3.8, 4) is 0 Å². The van der Waals surface area contributed by atoms with E-state index in [-0.39, 0.29) is 18.3 Å². The van der Waals surface area contributed by atoms with Crippen LogP contribution in [-0.4, -0.2) is 53.1 Å². The zero-order valence-electron chi connectivity index (χ0n) is 14.5. The molecule has 0 spiro atoms. The standard InChI is InChI=1S/C16H28BN3O2/c1-15(2)16(3,4)22-17(21-15)14-10-18-20(12-14)11-13-6-8-19(5)9-7-13/h10,12-13H,6-9,11H2,1-5H3. The number of nitrogens with zero attached hydrogens (tertiary/aromatic N) is 3. The molecule has 0 atom stereocenters. The van der Waals surface area contributed by atoms with Gasteiger partial charge in [0.25, 0.3) is 0 Å². The van der Waals surface area contributed by atoms with Gasteiger partial charge in [-0.25, -0.2) is 0 Å². The molecule has 1 aromatic heterocycles. The minimum absolute atomic E-state index is 0.298. The molecule has 2 saturated heterocycles. The molecule has 0 bridgehead atoms. The van der Waals surface area contributed by atoms with E-state index in [0.29, 0.717) is 0 Å². The fourth-order valence-corrected chi connectivity index (χ4v) is 3.09. The molecule has 3 heterocycles. The average Bonchev–Trinajstić information content (AvgIpc) is 2.96. The van der Waals surface area contributed by atoms with E-state index in [1.54, 1.807) is 0 Å². The normalized spacial score (nSPS) is 25.8. The molecule has 3 rings (SSSR count). The predicted octanol–water partition coefficient (Wildman–Crippen LogP) is 1.52. The number of rotatable bonds is 3. The zero-order chi connectivity index (χ0) is 16.0. The Kier molecular flexibility index (Phi) is 4.12. The molecule has 0 aliphatic carbocycles. The molecule has 0 saturated carbocycles. The smallest absolute Gasteiger partial charge is 0.399 e. The lowest BCUT2D eigenvalue weighted by Gasteiger charge is -2.32. The van der Waals surface area contributed by atoms with E-state index in [1.807, 2.05) is 6.20 Å². The van der Waals surface area contributed by atoms with Gasteiger partial charge < -0.3 is 14.2 Å². The Morgan fingerprint density at radius 1 is 1.18 bits per heavy atom. The Bertz CT molecular complexity index is 505. The highest BCUT2D eigenvalue weighted by molar-refractivity contribution is 6.61. The molecule has 1 aromatic rings. The Hall–Kier alpha value is -0.845. The van der Waals surface area contributed by atoms with Gasteiger partial charge in [-0.2, -0.15) is 5.10 Å². The third-order valence-electron chi connectivity index (χ3n) is 5.46. The zero-order valence-corrected chi connectivity index (χ0v) is 14.5. The maximum absolute atomic E-state index is 6.09. The fourth-order valence-electron chi connectivity index (χ4n) is 3.09. The molecule has 22 heavy (non-hydrogen) atoms. The van der Waals surface area contributed by atoms with Gasteiger partial charge in [-0.1, -0.05) is 0 Å². The van der Waals surface area contributed by atoms with Crippen molar-refractivity contribution in [3.63, 3.8) is 0 Å². The van der Waals surface area contributed by atoms with Gasteiger partial charge in [0.2, 0.25) is 0 Å². The van der Waals surface area contributed by atoms with Crippen molar-refractivity contribution >= 4 is 12.6 Å². The highest BCUT2D eigenvalue weighted by Crippen LogP contribution is 2.36. The lowest BCUT2D eigenvalue weighted by Crippen LogP contribution is -2.41. The summed E-state index contributed by atoms with van der Waals surface area (Å²) in [5.41, 5.74) is 0.424. The van der Waals surface area contributed by atoms with E-state index >= 15 is 0 Å². The molecule has 6 heteroatoms. The van der Waals surface area contributed by atoms with Crippen molar-refractivity contribution < 1.29 is 9.31 Å². The molecule has 0 aromatic carbocycles. The van der Waals surface area contributed by atoms with E-state index < -0.39 is 0 Å². The van der Waals surface area contributed by atoms with Gasteiger partial charge in [0, 0.05) is 24.4 Å². The molecule has 5 nitrogen and oxygen atoms in total. The Morgan fingerprint density at radius 3 is 2.36 bits per heavy atom. The molecule has 0 unspecified atom stereocenters. The van der Waals surface area contributed by atoms with Crippen LogP contribution in [0.4, 0.5) is 0 Å². The first-order valence-corrected chi connectivity index (χ1v) is 8.33. The first kappa shape index (κ1) is 16.0. The van der Waals surface area contributed by atoms with Crippen LogP contribution in [0.15, 0.2) is 12.4 Å². The van der Waals surface area contributed by atoms with Gasteiger partial charge >= 0.3 is 7.12 Å². The van der Waals surface area contributed by atoms with Crippen LogP contribution < -0.4 is 5.46 Å². The Balaban J connectivity index is 1.62. The molecule has 2 aliphatic heterocycles. The average molecular weight is 305 g/mol. The first-order valence-electron chi connectivity index (χ1n) is 8.33. The van der Waals surface area contributed by atoms with E-state index in [9.17, 15) is 0 Å². The molecule has 0 amide bonds. The molecule has 0 N–H and O–H groups in total. The summed E-state index contributed by atoms with van der Waals surface area (Å²) in [6.07, 6.45) is 6.47. The fraction of sp³-hybridized carbons (Fsp3) is 0.812. The maximum atomic E-state index is 6.09. The van der Waals surface area contributed by atoms with Crippen LogP contribution in [0, 0.1) is 5.92 Å². The highest BCUT2D eigenvalue weighted by atomic mass is 16.7. The summed E-state index contributed by atoms with van der Waals surface area (Å²) >= 11 is 0. The van der Waals surface area contributed by atoms with E-state index in [0.717, 1.165) is 17.9 Å². The van der Waals surface area contributed by atoms with Crippen LogP contribution in [0.2, 0.25) is 0 Å². The molecule has 2 aliphatic rings. The molecular weight excluding hydrogens is 277 g/mol. The number of hydrogen-bond acceptors (Lipinski definition) is 4. The minimum atomic E-state index is -0.309. The third-order valence-corrected chi connectivity index (χ3v) is 5.46. The van der Waals surface area contributed by atoms with Crippen LogP contribution in [0.5, 0.6) is 0 Å². The van der Waals surface area contributed by atoms with Gasteiger partial charge in [0.05, 0.1) is 11.2 Å². The summed E-state index contributed by atoms with van der Waals surface area (Å²) in [6, 6.07) is 0. The summed E-state index contributed by atoms with van der Waals surface area (Å²) in [5.74, 6) is 0.724. The number of likely N-dealkylation sites (tertiary alicyclic amines) is 1. The van der Waals surface area contributed by atoms with Crippen molar-refractivity contribution in [2.75, 3.05) is 20.1 Å². The topological polar surface area (TPSA) is 39.5 Å². The summed E-state index contributed by atoms with van der Waals surface area (Å²) < 4.78 is 14.2. The van der Waals surface area contributed by atoms with Gasteiger partial charge in [0.15, 0.2) is 0 Å². The van der Waals surface area contributed by atoms with Crippen LogP contribution in [0.25, 0.3) is 0 Å². The largest absolute Gasteiger partial charge is 0.498 e. The van der Waals surface area contributed by atoms with E-state index in [2.05, 4.69) is 55.6 Å². The monoisotopic (exact) mass is 305 g/mol. The second kappa shape index (κ2) is 5.66. The molecule has 0 radical (unpaired) electrons. The molecule has 122 valence electrons. The van der Waals surface area contributed by atoms with E-state index in [4.69, 9.17) is 9.31 Å². The van der Waals surface area contributed by atoms with Gasteiger partial charge in [-0.05, 0) is 66.6 Å². The number of aromatic nitrogens is 2. The second-order valence-electron chi connectivity index (χ2n) is 7.83. The van der Waals surface area contributed by atoms with Gasteiger partial charge in [0.1, 0.15) is 0 Å². The van der Waals surface area contributed by atoms with Crippen LogP contribution >= 0.6 is 0 Å². The van der Waals surface area contributed by atoms with Crippen LogP contribution in [0.1, 0.15) is 40.5 Å². The van der Waals surface area contributed by atoms with Crippen molar-refractivity contribution in [2.24, 2.45) is 5.92 Å². The quantitative estimate of drug-likeness (QED) is 0.794. The Labute approximate surface area is 134 Å². The highest BCUT2D eigenvalue weighted by Gasteiger charge is 2.52. The second-order valence-corrected chi connectivity index (χ2v) is 7.83. The lowest BCUT2D eigenvalue weighted by atomic mass is 9.82. The Morgan fingerprint density at radius 2 is 1.77 bits per heavy atom. The summed E-state index contributed by atoms with van der Waals surface area (Å²) in [6.45, 7) is 11.7. The third kappa shape index (κ3) is 3.10. The van der Waals surface area contributed by atoms with Crippen LogP contribution in [0.3, 0.4) is 0 Å². The lowest BCUT2D eigenvalue weighted by molar-refractivity contribution is 0.00578. The number of hydrogen-bond donors (Lipinski definition) is 0. The first-order chi connectivity index (χ1) is 10.3. The van der Waals surface area contributed by atoms with Crippen LogP contribution in [-0.2, 0) is 15.9 Å². The number of piperidine rings is 1.